The lowest BCUT2D eigenvalue weighted by Gasteiger charge is -2.71. The molecule has 8 saturated heterocycles. The van der Waals surface area contributed by atoms with Gasteiger partial charge in [0, 0.05) is 20.3 Å². The van der Waals surface area contributed by atoms with E-state index in [9.17, 15) is 121 Å². The molecule has 0 aromatic carbocycles. The maximum absolute atomic E-state index is 16.4. The summed E-state index contributed by atoms with van der Waals surface area (Å²) in [6.07, 6.45) is -65.4. The van der Waals surface area contributed by atoms with Crippen molar-refractivity contribution in [3.8, 4) is 0 Å². The molecule has 0 spiro atoms. The molecule has 20 N–H and O–H groups in total. The third-order valence-electron chi connectivity index (χ3n) is 29.4. The fourth-order valence-electron chi connectivity index (χ4n) is 22.4. The number of esters is 3. The predicted octanol–water partition coefficient (Wildman–Crippen LogP) is -6.64. The summed E-state index contributed by atoms with van der Waals surface area (Å²) in [7, 11) is 0. The van der Waals surface area contributed by atoms with Crippen molar-refractivity contribution in [1.82, 2.24) is 0 Å². The van der Waals surface area contributed by atoms with Crippen LogP contribution < -0.4 is 0 Å². The zero-order valence-corrected chi connectivity index (χ0v) is 70.1. The van der Waals surface area contributed by atoms with E-state index in [4.69, 9.17) is 85.3 Å². The topological polar surface area (TPSA) is 656 Å². The molecule has 123 heavy (non-hydrogen) atoms. The van der Waals surface area contributed by atoms with Gasteiger partial charge in [-0.15, -0.1) is 0 Å². The molecule has 0 bridgehead atoms. The van der Waals surface area contributed by atoms with Gasteiger partial charge in [-0.2, -0.15) is 0 Å². The van der Waals surface area contributed by atoms with Gasteiger partial charge in [0.05, 0.1) is 62.4 Å². The van der Waals surface area contributed by atoms with Gasteiger partial charge >= 0.3 is 23.9 Å². The van der Waals surface area contributed by atoms with Crippen molar-refractivity contribution in [2.24, 2.45) is 50.2 Å². The molecule has 0 amide bonds. The Bertz CT molecular complexity index is 3730. The van der Waals surface area contributed by atoms with Gasteiger partial charge in [0.2, 0.25) is 6.29 Å². The molecule has 702 valence electrons. The number of allylic oxidation sites excluding steroid dienone is 2. The summed E-state index contributed by atoms with van der Waals surface area (Å²) in [5, 5.41) is 224. The Kier molecular flexibility index (Phi) is 28.7. The number of carboxylic acids is 1. The van der Waals surface area contributed by atoms with Crippen LogP contribution in [0.5, 0.6) is 0 Å². The molecule has 4 saturated carbocycles. The second-order valence-corrected chi connectivity index (χ2v) is 37.7. The highest BCUT2D eigenvalue weighted by molar-refractivity contribution is 5.80. The molecule has 42 unspecified atom stereocenters. The van der Waals surface area contributed by atoms with Crippen molar-refractivity contribution in [2.75, 3.05) is 26.4 Å². The molecular formula is C80H124O43. The summed E-state index contributed by atoms with van der Waals surface area (Å²) in [5.41, 5.74) is -5.55. The van der Waals surface area contributed by atoms with Gasteiger partial charge in [-0.3, -0.25) is 14.4 Å². The number of aliphatic hydroxyl groups excluding tert-OH is 19. The molecular weight excluding hydrogens is 1650 g/mol. The number of aldehydes is 1. The lowest BCUT2D eigenvalue weighted by molar-refractivity contribution is -0.425. The number of fused-ring (bicyclic) bond motifs is 7. The normalized spacial score (nSPS) is 53.0. The van der Waals surface area contributed by atoms with E-state index in [1.807, 2.05) is 13.8 Å². The van der Waals surface area contributed by atoms with Crippen molar-refractivity contribution in [3.05, 3.63) is 11.6 Å². The first-order chi connectivity index (χ1) is 57.6. The molecule has 8 aliphatic heterocycles. The highest BCUT2D eigenvalue weighted by Gasteiger charge is 2.74. The van der Waals surface area contributed by atoms with E-state index < -0.39 is 340 Å². The van der Waals surface area contributed by atoms with Gasteiger partial charge in [-0.05, 0) is 118 Å². The van der Waals surface area contributed by atoms with Gasteiger partial charge in [0.1, 0.15) is 146 Å². The molecule has 0 aromatic rings. The summed E-state index contributed by atoms with van der Waals surface area (Å²) in [5.74, 6) is -8.43. The van der Waals surface area contributed by atoms with Crippen LogP contribution in [0, 0.1) is 50.2 Å². The van der Waals surface area contributed by atoms with Crippen molar-refractivity contribution in [2.45, 2.75) is 380 Å². The Balaban J connectivity index is 0.781. The Morgan fingerprint density at radius 1 is 0.463 bits per heavy atom. The summed E-state index contributed by atoms with van der Waals surface area (Å²) in [6, 6.07) is 0. The molecule has 0 aromatic heterocycles. The highest BCUT2D eigenvalue weighted by atomic mass is 16.8. The molecule has 12 fully saturated rings. The summed E-state index contributed by atoms with van der Waals surface area (Å²) < 4.78 is 108. The second-order valence-electron chi connectivity index (χ2n) is 37.7. The van der Waals surface area contributed by atoms with Crippen LogP contribution in [-0.2, 0) is 109 Å². The molecule has 0 radical (unpaired) electrons. The largest absolute Gasteiger partial charge is 0.479 e. The first-order valence-electron chi connectivity index (χ1n) is 42.1. The number of aliphatic hydroxyl groups is 19. The molecule has 13 rings (SSSR count). The van der Waals surface area contributed by atoms with Crippen LogP contribution in [0.2, 0.25) is 0 Å². The van der Waals surface area contributed by atoms with Gasteiger partial charge in [0.15, 0.2) is 68.1 Å². The fourth-order valence-corrected chi connectivity index (χ4v) is 22.4. The van der Waals surface area contributed by atoms with Crippen LogP contribution in [0.3, 0.4) is 0 Å². The Labute approximate surface area is 707 Å². The van der Waals surface area contributed by atoms with Crippen LogP contribution in [0.25, 0.3) is 0 Å². The second kappa shape index (κ2) is 36.6. The molecule has 8 heterocycles. The van der Waals surface area contributed by atoms with Crippen molar-refractivity contribution < 1.29 is 211 Å². The van der Waals surface area contributed by atoms with E-state index >= 15 is 4.79 Å². The van der Waals surface area contributed by atoms with E-state index in [2.05, 4.69) is 26.8 Å². The Morgan fingerprint density at radius 3 is 1.59 bits per heavy atom. The number of ether oxygens (including phenoxy) is 18. The Morgan fingerprint density at radius 2 is 0.992 bits per heavy atom. The molecule has 43 nitrogen and oxygen atoms in total. The van der Waals surface area contributed by atoms with E-state index in [-0.39, 0.29) is 31.6 Å². The van der Waals surface area contributed by atoms with E-state index in [1.165, 1.54) is 20.8 Å². The third kappa shape index (κ3) is 17.5. The van der Waals surface area contributed by atoms with Crippen molar-refractivity contribution in [3.63, 3.8) is 0 Å². The number of carbonyl (C=O) groups is 5. The van der Waals surface area contributed by atoms with E-state index in [0.29, 0.717) is 32.1 Å². The number of rotatable bonds is 22. The maximum Gasteiger partial charge on any atom is 0.335 e. The zero-order chi connectivity index (χ0) is 90.1. The first-order valence-corrected chi connectivity index (χ1v) is 42.1. The number of hydrogen-bond donors (Lipinski definition) is 20. The van der Waals surface area contributed by atoms with Crippen LogP contribution in [0.1, 0.15) is 140 Å². The SMILES string of the molecule is CC(=O)OC1C(C)OC(OC2(C)CC(O)C(OC3OC(C)C(OC4OCC(O)C(OC5OC(CO)C(O)C(O)C5O)C4O)C(O)C3O)C(OC(=O)[C@]34CCC(C)(C)CC3C3=CCC5[C@@]6(C)CC[C@H](OC7OC(C(=O)O)C(O)C(OC8OCC(O)C(O)C8O)C7OC7OC(CO)C(O)C(O)C7O)[C@@](C)(C=O)C6CC[C@@]5(C)C3(C)CC4O)O2)C(O)C1OC(C)=O. The van der Waals surface area contributed by atoms with Crippen molar-refractivity contribution >= 4 is 30.2 Å². The number of carboxylic acid groups (broad SMARTS) is 1. The van der Waals surface area contributed by atoms with Gasteiger partial charge < -0.3 is 192 Å². The third-order valence-corrected chi connectivity index (χ3v) is 29.4. The summed E-state index contributed by atoms with van der Waals surface area (Å²) in [4.78, 5) is 68.8. The smallest absolute Gasteiger partial charge is 0.335 e. The quantitative estimate of drug-likeness (QED) is 0.0158. The summed E-state index contributed by atoms with van der Waals surface area (Å²) >= 11 is 0. The van der Waals surface area contributed by atoms with Crippen LogP contribution in [0.4, 0.5) is 0 Å². The molecule has 43 heteroatoms. The molecule has 47 atom stereocenters. The minimum atomic E-state index is -2.26. The number of hydrogen-bond acceptors (Lipinski definition) is 42. The monoisotopic (exact) mass is 1770 g/mol. The molecule has 13 aliphatic rings. The average molecular weight is 1770 g/mol. The maximum atomic E-state index is 16.4. The minimum absolute atomic E-state index is 0.00295. The number of aliphatic carboxylic acids is 1. The van der Waals surface area contributed by atoms with E-state index in [1.54, 1.807) is 6.92 Å². The minimum Gasteiger partial charge on any atom is -0.479 e. The van der Waals surface area contributed by atoms with Crippen molar-refractivity contribution in [1.29, 1.82) is 0 Å². The fraction of sp³-hybridized carbons (Fsp3) is 0.912. The lowest BCUT2D eigenvalue weighted by Crippen LogP contribution is -2.69. The Hall–Kier alpha value is -4.07. The zero-order valence-electron chi connectivity index (χ0n) is 70.1. The predicted molar refractivity (Wildman–Crippen MR) is 398 cm³/mol. The number of carbonyl (C=O) groups excluding carboxylic acids is 4. The lowest BCUT2D eigenvalue weighted by atomic mass is 9.33. The van der Waals surface area contributed by atoms with E-state index in [0.717, 1.165) is 25.7 Å². The first kappa shape index (κ1) is 96.5. The standard InChI is InChI=1S/C80H124O43/c1-28-56(115-66-54(101)58(36(88)26-107-66)116-68-50(97)46(93)44(91)37(23-81)112-68)48(95)52(99)67(108-28)117-59-34(86)21-79(11,122-70-55(102)61(111-31(4)85)57(29(2)109-70)110-30(3)84)123-72(59)121-73(105)80-19-18-74(5,6)20-33(80)32-12-13-40-75(7)16-15-42(76(8,27-83)39(75)14-17-77(40,9)78(32,10)22-41(80)89)114-71-63(120-69-51(98)47(94)45(92)38(24-82)113-69)60(53(100)62(119-71)64(103)104)118-65-49(96)43(90)35(87)25-106-65/h12,27-29,33-63,65-72,81-82,86-102H,13-26H2,1-11H3,(H,103,104)/t28?,29?,33?,34?,35?,36?,37?,38?,39?,40?,41?,42-,43?,44?,45?,46?,47?,48?,49?,50?,51?,52?,53?,54?,55?,56?,57?,58?,59?,60?,61?,62?,63?,65?,66?,67?,68?,69?,70?,71?,72?,75-,76-,77+,78?,79?,80+/m0/s1. The highest BCUT2D eigenvalue weighted by Crippen LogP contribution is 2.76. The average Bonchev–Trinajstić information content (AvgIpc) is 0.668. The summed E-state index contributed by atoms with van der Waals surface area (Å²) in [6.45, 7) is 15.2. The van der Waals surface area contributed by atoms with Crippen LogP contribution >= 0.6 is 0 Å². The van der Waals surface area contributed by atoms with Gasteiger partial charge in [-0.1, -0.05) is 53.2 Å². The van der Waals surface area contributed by atoms with Gasteiger partial charge in [-0.25, -0.2) is 4.79 Å². The van der Waals surface area contributed by atoms with Crippen LogP contribution in [0.15, 0.2) is 11.6 Å². The molecule has 5 aliphatic carbocycles. The van der Waals surface area contributed by atoms with Gasteiger partial charge in [0.25, 0.3) is 0 Å². The van der Waals surface area contributed by atoms with Crippen LogP contribution in [-0.4, -0.2) is 398 Å².